The molecule has 0 saturated carbocycles. The monoisotopic (exact) mass is 362 g/mol. The van der Waals surface area contributed by atoms with Crippen molar-refractivity contribution in [3.63, 3.8) is 0 Å². The van der Waals surface area contributed by atoms with Crippen molar-refractivity contribution in [3.8, 4) is 17.6 Å². The first kappa shape index (κ1) is 17.8. The number of nitriles is 1. The maximum atomic E-state index is 12.2. The molecule has 7 nitrogen and oxygen atoms in total. The maximum Gasteiger partial charge on any atom is 0.268 e. The van der Waals surface area contributed by atoms with E-state index in [1.54, 1.807) is 18.2 Å². The third kappa shape index (κ3) is 4.24. The van der Waals surface area contributed by atoms with Gasteiger partial charge in [-0.2, -0.15) is 14.6 Å². The molecular formula is C15H14N4O3S2. The van der Waals surface area contributed by atoms with E-state index < -0.39 is 5.91 Å². The fraction of sp³-hybridized carbons (Fsp3) is 0.200. The van der Waals surface area contributed by atoms with Gasteiger partial charge in [0, 0.05) is 11.5 Å². The summed E-state index contributed by atoms with van der Waals surface area (Å²) in [5.74, 6) is 0.532. The van der Waals surface area contributed by atoms with Gasteiger partial charge in [0.1, 0.15) is 11.6 Å². The Balaban J connectivity index is 2.22. The number of ether oxygens (including phenoxy) is 2. The van der Waals surface area contributed by atoms with Gasteiger partial charge in [-0.05, 0) is 30.0 Å². The van der Waals surface area contributed by atoms with Crippen molar-refractivity contribution in [1.29, 1.82) is 5.26 Å². The number of rotatable bonds is 6. The van der Waals surface area contributed by atoms with E-state index in [4.69, 9.17) is 9.47 Å². The van der Waals surface area contributed by atoms with Crippen molar-refractivity contribution in [2.75, 3.05) is 25.8 Å². The molecule has 0 aliphatic heterocycles. The molecule has 1 N–H and O–H groups in total. The number of methoxy groups -OCH3 is 2. The Labute approximate surface area is 147 Å². The molecule has 0 atom stereocenters. The summed E-state index contributed by atoms with van der Waals surface area (Å²) in [6, 6.07) is 6.99. The second-order valence-electron chi connectivity index (χ2n) is 4.32. The predicted octanol–water partition coefficient (Wildman–Crippen LogP) is 2.82. The summed E-state index contributed by atoms with van der Waals surface area (Å²) in [7, 11) is 3.05. The second kappa shape index (κ2) is 8.33. The van der Waals surface area contributed by atoms with Gasteiger partial charge in [0.2, 0.25) is 10.3 Å². The summed E-state index contributed by atoms with van der Waals surface area (Å²) in [4.78, 5) is 16.3. The van der Waals surface area contributed by atoms with Crippen LogP contribution in [0.5, 0.6) is 11.5 Å². The average molecular weight is 362 g/mol. The molecule has 0 aliphatic rings. The topological polar surface area (TPSA) is 97.1 Å². The lowest BCUT2D eigenvalue weighted by Gasteiger charge is -2.08. The molecule has 1 aromatic heterocycles. The summed E-state index contributed by atoms with van der Waals surface area (Å²) in [5.41, 5.74) is 0.588. The molecule has 9 heteroatoms. The number of hydrogen-bond donors (Lipinski definition) is 1. The Morgan fingerprint density at radius 1 is 1.38 bits per heavy atom. The fourth-order valence-electron chi connectivity index (χ4n) is 1.77. The second-order valence-corrected chi connectivity index (χ2v) is 5.85. The van der Waals surface area contributed by atoms with Crippen molar-refractivity contribution < 1.29 is 14.3 Å². The molecule has 0 bridgehead atoms. The number of benzene rings is 1. The first-order valence-electron chi connectivity index (χ1n) is 6.64. The van der Waals surface area contributed by atoms with Gasteiger partial charge in [-0.15, -0.1) is 0 Å². The highest BCUT2D eigenvalue weighted by atomic mass is 32.2. The largest absolute Gasteiger partial charge is 0.493 e. The van der Waals surface area contributed by atoms with Crippen LogP contribution in [0, 0.1) is 11.3 Å². The van der Waals surface area contributed by atoms with Gasteiger partial charge in [-0.3, -0.25) is 10.1 Å². The minimum atomic E-state index is -0.545. The quantitative estimate of drug-likeness (QED) is 0.479. The Bertz CT molecular complexity index is 811. The summed E-state index contributed by atoms with van der Waals surface area (Å²) in [5, 5.41) is 12.7. The van der Waals surface area contributed by atoms with Gasteiger partial charge < -0.3 is 9.47 Å². The molecule has 0 saturated heterocycles. The zero-order chi connectivity index (χ0) is 17.5. The van der Waals surface area contributed by atoms with Gasteiger partial charge >= 0.3 is 0 Å². The molecule has 0 radical (unpaired) electrons. The van der Waals surface area contributed by atoms with E-state index in [2.05, 4.69) is 14.7 Å². The van der Waals surface area contributed by atoms with E-state index >= 15 is 0 Å². The molecular weight excluding hydrogens is 348 g/mol. The zero-order valence-corrected chi connectivity index (χ0v) is 14.8. The van der Waals surface area contributed by atoms with Crippen LogP contribution in [-0.4, -0.2) is 35.7 Å². The lowest BCUT2D eigenvalue weighted by atomic mass is 10.1. The first-order chi connectivity index (χ1) is 11.6. The predicted molar refractivity (Wildman–Crippen MR) is 93.5 cm³/mol. The van der Waals surface area contributed by atoms with Crippen molar-refractivity contribution in [2.45, 2.75) is 5.16 Å². The van der Waals surface area contributed by atoms with Crippen molar-refractivity contribution in [3.05, 3.63) is 29.3 Å². The Hall–Kier alpha value is -2.57. The van der Waals surface area contributed by atoms with Crippen LogP contribution in [-0.2, 0) is 4.79 Å². The van der Waals surface area contributed by atoms with Crippen LogP contribution in [0.15, 0.2) is 28.9 Å². The normalized spacial score (nSPS) is 10.8. The number of hydrogen-bond acceptors (Lipinski definition) is 8. The maximum absolute atomic E-state index is 12.2. The van der Waals surface area contributed by atoms with E-state index in [0.29, 0.717) is 27.4 Å². The molecule has 1 aromatic carbocycles. The Morgan fingerprint density at radius 2 is 2.12 bits per heavy atom. The third-order valence-electron chi connectivity index (χ3n) is 2.89. The first-order valence-corrected chi connectivity index (χ1v) is 8.64. The number of thioether (sulfide) groups is 1. The lowest BCUT2D eigenvalue weighted by Crippen LogP contribution is -2.13. The van der Waals surface area contributed by atoms with Crippen LogP contribution in [0.3, 0.4) is 0 Å². The number of nitrogens with one attached hydrogen (secondary N) is 1. The average Bonchev–Trinajstić information content (AvgIpc) is 3.06. The summed E-state index contributed by atoms with van der Waals surface area (Å²) in [6.07, 6.45) is 3.30. The highest BCUT2D eigenvalue weighted by Gasteiger charge is 2.13. The highest BCUT2D eigenvalue weighted by molar-refractivity contribution is 7.98. The van der Waals surface area contributed by atoms with Gasteiger partial charge in [0.25, 0.3) is 5.91 Å². The molecule has 0 aliphatic carbocycles. The van der Waals surface area contributed by atoms with Crippen LogP contribution in [0.2, 0.25) is 0 Å². The van der Waals surface area contributed by atoms with E-state index in [1.165, 1.54) is 32.1 Å². The molecule has 2 rings (SSSR count). The molecule has 0 fully saturated rings. The minimum absolute atomic E-state index is 0.0527. The summed E-state index contributed by atoms with van der Waals surface area (Å²) < 4.78 is 14.4. The molecule has 0 unspecified atom stereocenters. The lowest BCUT2D eigenvalue weighted by molar-refractivity contribution is -0.112. The number of anilines is 1. The Morgan fingerprint density at radius 3 is 2.71 bits per heavy atom. The van der Waals surface area contributed by atoms with Crippen molar-refractivity contribution in [2.24, 2.45) is 0 Å². The van der Waals surface area contributed by atoms with Gasteiger partial charge in [-0.1, -0.05) is 17.8 Å². The zero-order valence-electron chi connectivity index (χ0n) is 13.2. The number of carbonyl (C=O) groups excluding carboxylic acids is 1. The van der Waals surface area contributed by atoms with Crippen LogP contribution < -0.4 is 14.8 Å². The van der Waals surface area contributed by atoms with E-state index in [0.717, 1.165) is 11.5 Å². The van der Waals surface area contributed by atoms with Crippen LogP contribution in [0.25, 0.3) is 6.08 Å². The third-order valence-corrected chi connectivity index (χ3v) is 4.19. The molecule has 124 valence electrons. The number of carbonyl (C=O) groups is 1. The van der Waals surface area contributed by atoms with Crippen LogP contribution in [0.4, 0.5) is 5.13 Å². The molecule has 1 amide bonds. The van der Waals surface area contributed by atoms with E-state index in [1.807, 2.05) is 12.3 Å². The van der Waals surface area contributed by atoms with Crippen LogP contribution in [0.1, 0.15) is 5.56 Å². The number of nitrogens with zero attached hydrogens (tertiary/aromatic N) is 3. The molecule has 1 heterocycles. The summed E-state index contributed by atoms with van der Waals surface area (Å²) in [6.45, 7) is 0. The van der Waals surface area contributed by atoms with Crippen LogP contribution >= 0.6 is 23.3 Å². The van der Waals surface area contributed by atoms with Crippen molar-refractivity contribution >= 4 is 40.4 Å². The number of amides is 1. The van der Waals surface area contributed by atoms with E-state index in [-0.39, 0.29) is 5.57 Å². The minimum Gasteiger partial charge on any atom is -0.493 e. The fourth-order valence-corrected chi connectivity index (χ4v) is 2.89. The molecule has 2 aromatic rings. The van der Waals surface area contributed by atoms with Gasteiger partial charge in [0.15, 0.2) is 11.5 Å². The highest BCUT2D eigenvalue weighted by Crippen LogP contribution is 2.28. The molecule has 24 heavy (non-hydrogen) atoms. The number of aromatic nitrogens is 2. The van der Waals surface area contributed by atoms with Gasteiger partial charge in [0.05, 0.1) is 14.2 Å². The van der Waals surface area contributed by atoms with E-state index in [9.17, 15) is 10.1 Å². The standard InChI is InChI=1S/C15H14N4O3S2/c1-21-11-5-4-9(7-12(11)22-2)6-10(8-16)13(20)17-14-18-15(23-3)19-24-14/h4-7H,1-3H3,(H,17,18,19,20)/b10-6-. The van der Waals surface area contributed by atoms with Crippen molar-refractivity contribution in [1.82, 2.24) is 9.36 Å². The smallest absolute Gasteiger partial charge is 0.268 e. The summed E-state index contributed by atoms with van der Waals surface area (Å²) >= 11 is 2.43. The van der Waals surface area contributed by atoms with Gasteiger partial charge in [-0.25, -0.2) is 0 Å². The Kier molecular flexibility index (Phi) is 6.17. The molecule has 0 spiro atoms. The SMILES string of the molecule is COc1ccc(/C=C(/C#N)C(=O)Nc2nc(SC)ns2)cc1OC.